The number of rotatable bonds is 4. The second kappa shape index (κ2) is 4.64. The molecule has 0 fully saturated rings. The molecule has 0 unspecified atom stereocenters. The van der Waals surface area contributed by atoms with Gasteiger partial charge in [-0.2, -0.15) is 8.42 Å². The van der Waals surface area contributed by atoms with Gasteiger partial charge in [0.2, 0.25) is 0 Å². The Labute approximate surface area is 81.6 Å². The fourth-order valence-electron chi connectivity index (χ4n) is 0.763. The van der Waals surface area contributed by atoms with Crippen LogP contribution in [0.3, 0.4) is 0 Å². The molecule has 0 radical (unpaired) electrons. The molecule has 0 bridgehead atoms. The van der Waals surface area contributed by atoms with Crippen LogP contribution in [0.25, 0.3) is 0 Å². The first-order valence-corrected chi connectivity index (χ1v) is 6.54. The molecule has 0 aliphatic rings. The van der Waals surface area contributed by atoms with E-state index in [-0.39, 0.29) is 0 Å². The summed E-state index contributed by atoms with van der Waals surface area (Å²) in [7, 11) is -1.46. The van der Waals surface area contributed by atoms with Crippen LogP contribution in [0.2, 0.25) is 0 Å². The highest BCUT2D eigenvalue weighted by atomic mass is 33.1. The van der Waals surface area contributed by atoms with Crippen molar-refractivity contribution in [2.24, 2.45) is 0 Å². The van der Waals surface area contributed by atoms with Gasteiger partial charge in [0.1, 0.15) is 0 Å². The maximum atomic E-state index is 10.9. The lowest BCUT2D eigenvalue weighted by atomic mass is 10.2. The standard InChI is InChI=1S/C8H10O3S2/c1-11-13(9,10)12-7-8-5-3-2-4-6-8/h2-6H,7H2,1H3. The highest BCUT2D eigenvalue weighted by molar-refractivity contribution is 8.69. The Morgan fingerprint density at radius 2 is 1.92 bits per heavy atom. The number of hydrogen-bond donors (Lipinski definition) is 0. The normalized spacial score (nSPS) is 11.5. The van der Waals surface area contributed by atoms with E-state index in [1.54, 1.807) is 0 Å². The van der Waals surface area contributed by atoms with E-state index in [1.165, 1.54) is 0 Å². The molecule has 1 rings (SSSR count). The van der Waals surface area contributed by atoms with Gasteiger partial charge in [0, 0.05) is 16.5 Å². The van der Waals surface area contributed by atoms with Crippen molar-refractivity contribution in [1.29, 1.82) is 0 Å². The Balaban J connectivity index is 2.54. The van der Waals surface area contributed by atoms with E-state index in [0.29, 0.717) is 5.75 Å². The van der Waals surface area contributed by atoms with Crippen molar-refractivity contribution in [3.8, 4) is 0 Å². The van der Waals surface area contributed by atoms with Gasteiger partial charge in [0.25, 0.3) is 0 Å². The maximum absolute atomic E-state index is 10.9. The van der Waals surface area contributed by atoms with Crippen molar-refractivity contribution in [3.05, 3.63) is 35.9 Å². The van der Waals surface area contributed by atoms with Gasteiger partial charge in [-0.15, -0.1) is 0 Å². The molecule has 0 N–H and O–H groups in total. The summed E-state index contributed by atoms with van der Waals surface area (Å²) in [4.78, 5) is 0. The van der Waals surface area contributed by atoms with Crippen LogP contribution >= 0.6 is 10.8 Å². The van der Waals surface area contributed by atoms with Crippen molar-refractivity contribution >= 4 is 19.9 Å². The van der Waals surface area contributed by atoms with Gasteiger partial charge in [-0.25, -0.2) is 0 Å². The molecule has 0 aromatic heterocycles. The highest BCUT2D eigenvalue weighted by Gasteiger charge is 2.08. The number of benzene rings is 1. The van der Waals surface area contributed by atoms with E-state index in [4.69, 9.17) is 0 Å². The molecular weight excluding hydrogens is 208 g/mol. The fourth-order valence-corrected chi connectivity index (χ4v) is 2.46. The summed E-state index contributed by atoms with van der Waals surface area (Å²) in [5.74, 6) is 0.414. The zero-order valence-corrected chi connectivity index (χ0v) is 8.77. The van der Waals surface area contributed by atoms with Gasteiger partial charge < -0.3 is 0 Å². The molecule has 0 heterocycles. The predicted octanol–water partition coefficient (Wildman–Crippen LogP) is 1.81. The first kappa shape index (κ1) is 10.6. The summed E-state index contributed by atoms with van der Waals surface area (Å²) in [6, 6.07) is 9.37. The lowest BCUT2D eigenvalue weighted by molar-refractivity contribution is 0.413. The van der Waals surface area contributed by atoms with Crippen molar-refractivity contribution in [2.75, 3.05) is 7.11 Å². The molecule has 0 atom stereocenters. The third kappa shape index (κ3) is 3.80. The Morgan fingerprint density at radius 3 is 2.46 bits per heavy atom. The van der Waals surface area contributed by atoms with Gasteiger partial charge in [0.05, 0.1) is 7.11 Å². The molecule has 72 valence electrons. The third-order valence-corrected chi connectivity index (χ3v) is 4.19. The monoisotopic (exact) mass is 218 g/mol. The zero-order chi connectivity index (χ0) is 9.73. The fraction of sp³-hybridized carbons (Fsp3) is 0.250. The molecule has 1 aromatic rings. The van der Waals surface area contributed by atoms with E-state index in [2.05, 4.69) is 4.18 Å². The lowest BCUT2D eigenvalue weighted by Crippen LogP contribution is -1.96. The van der Waals surface area contributed by atoms with Crippen LogP contribution < -0.4 is 0 Å². The second-order valence-corrected chi connectivity index (χ2v) is 5.93. The molecule has 13 heavy (non-hydrogen) atoms. The third-order valence-electron chi connectivity index (χ3n) is 1.42. The second-order valence-electron chi connectivity index (χ2n) is 2.32. The average Bonchev–Trinajstić information content (AvgIpc) is 2.17. The van der Waals surface area contributed by atoms with E-state index >= 15 is 0 Å². The zero-order valence-electron chi connectivity index (χ0n) is 7.14. The first-order valence-electron chi connectivity index (χ1n) is 3.63. The molecule has 0 aliphatic heterocycles. The van der Waals surface area contributed by atoms with E-state index < -0.39 is 9.15 Å². The summed E-state index contributed by atoms with van der Waals surface area (Å²) >= 11 is 0. The van der Waals surface area contributed by atoms with Gasteiger partial charge in [-0.05, 0) is 5.56 Å². The quantitative estimate of drug-likeness (QED) is 0.723. The molecule has 0 saturated heterocycles. The maximum Gasteiger partial charge on any atom is 0.322 e. The van der Waals surface area contributed by atoms with Crippen molar-refractivity contribution in [1.82, 2.24) is 0 Å². The summed E-state index contributed by atoms with van der Waals surface area (Å²) < 4.78 is 26.1. The molecular formula is C8H10O3S2. The summed E-state index contributed by atoms with van der Waals surface area (Å²) in [6.07, 6.45) is 0. The van der Waals surface area contributed by atoms with E-state index in [1.807, 2.05) is 30.3 Å². The average molecular weight is 218 g/mol. The minimum atomic E-state index is -3.40. The van der Waals surface area contributed by atoms with Crippen molar-refractivity contribution in [2.45, 2.75) is 5.75 Å². The molecule has 0 spiro atoms. The highest BCUT2D eigenvalue weighted by Crippen LogP contribution is 2.19. The van der Waals surface area contributed by atoms with E-state index in [9.17, 15) is 8.42 Å². The molecule has 0 amide bonds. The molecule has 0 saturated carbocycles. The van der Waals surface area contributed by atoms with Gasteiger partial charge in [-0.3, -0.25) is 4.18 Å². The van der Waals surface area contributed by atoms with Crippen LogP contribution in [0.1, 0.15) is 5.56 Å². The van der Waals surface area contributed by atoms with Crippen molar-refractivity contribution < 1.29 is 12.6 Å². The Hall–Kier alpha value is -0.520. The minimum absolute atomic E-state index is 0.414. The number of hydrogen-bond acceptors (Lipinski definition) is 4. The first-order chi connectivity index (χ1) is 6.14. The van der Waals surface area contributed by atoms with Crippen LogP contribution in [0.4, 0.5) is 0 Å². The van der Waals surface area contributed by atoms with Crippen LogP contribution in [0, 0.1) is 0 Å². The summed E-state index contributed by atoms with van der Waals surface area (Å²) in [6.45, 7) is 0. The predicted molar refractivity (Wildman–Crippen MR) is 53.7 cm³/mol. The topological polar surface area (TPSA) is 43.4 Å². The summed E-state index contributed by atoms with van der Waals surface area (Å²) in [5.41, 5.74) is 0.966. The largest absolute Gasteiger partial charge is 0.322 e. The Morgan fingerprint density at radius 1 is 1.31 bits per heavy atom. The SMILES string of the molecule is COS(=O)(=O)SCc1ccccc1. The Kier molecular flexibility index (Phi) is 3.77. The van der Waals surface area contributed by atoms with Gasteiger partial charge in [0.15, 0.2) is 0 Å². The molecule has 5 heteroatoms. The van der Waals surface area contributed by atoms with E-state index in [0.717, 1.165) is 23.5 Å². The lowest BCUT2D eigenvalue weighted by Gasteiger charge is -2.00. The summed E-state index contributed by atoms with van der Waals surface area (Å²) in [5, 5.41) is 0. The van der Waals surface area contributed by atoms with Crippen LogP contribution in [-0.4, -0.2) is 15.5 Å². The molecule has 0 aliphatic carbocycles. The van der Waals surface area contributed by atoms with Gasteiger partial charge in [-0.1, -0.05) is 30.3 Å². The van der Waals surface area contributed by atoms with Crippen molar-refractivity contribution in [3.63, 3.8) is 0 Å². The van der Waals surface area contributed by atoms with Crippen LogP contribution in [-0.2, 0) is 19.1 Å². The van der Waals surface area contributed by atoms with Crippen LogP contribution in [0.15, 0.2) is 30.3 Å². The molecule has 1 aromatic carbocycles. The minimum Gasteiger partial charge on any atom is -0.265 e. The smallest absolute Gasteiger partial charge is 0.265 e. The van der Waals surface area contributed by atoms with Crippen LogP contribution in [0.5, 0.6) is 0 Å². The van der Waals surface area contributed by atoms with Gasteiger partial charge >= 0.3 is 9.15 Å². The molecule has 3 nitrogen and oxygen atoms in total. The Bertz CT molecular complexity index is 345.